The molecule has 0 saturated carbocycles. The third-order valence-corrected chi connectivity index (χ3v) is 3.83. The van der Waals surface area contributed by atoms with Gasteiger partial charge in [-0.1, -0.05) is 18.2 Å². The molecular weight excluding hydrogens is 290 g/mol. The van der Waals surface area contributed by atoms with Crippen LogP contribution in [0.25, 0.3) is 0 Å². The molecule has 1 fully saturated rings. The normalized spacial score (nSPS) is 13.7. The van der Waals surface area contributed by atoms with Gasteiger partial charge in [0.25, 0.3) is 0 Å². The van der Waals surface area contributed by atoms with Crippen molar-refractivity contribution in [3.63, 3.8) is 0 Å². The second-order valence-electron chi connectivity index (χ2n) is 5.52. The van der Waals surface area contributed by atoms with Crippen molar-refractivity contribution in [3.05, 3.63) is 54.6 Å². The number of carbonyl (C=O) groups is 2. The summed E-state index contributed by atoms with van der Waals surface area (Å²) in [5.41, 5.74) is 2.35. The second-order valence-corrected chi connectivity index (χ2v) is 5.52. The van der Waals surface area contributed by atoms with Gasteiger partial charge in [-0.15, -0.1) is 0 Å². The van der Waals surface area contributed by atoms with Gasteiger partial charge in [0, 0.05) is 30.2 Å². The van der Waals surface area contributed by atoms with E-state index in [4.69, 9.17) is 0 Å². The topological polar surface area (TPSA) is 61.4 Å². The molecule has 2 N–H and O–H groups in total. The molecule has 0 unspecified atom stereocenters. The molecule has 0 aromatic heterocycles. The fourth-order valence-electron chi connectivity index (χ4n) is 2.63. The van der Waals surface area contributed by atoms with Gasteiger partial charge in [-0.3, -0.25) is 9.59 Å². The fourth-order valence-corrected chi connectivity index (χ4v) is 2.63. The Morgan fingerprint density at radius 2 is 1.26 bits per heavy atom. The smallest absolute Gasteiger partial charge is 0.314 e. The molecule has 1 aliphatic rings. The molecule has 5 nitrogen and oxygen atoms in total. The summed E-state index contributed by atoms with van der Waals surface area (Å²) in [5.74, 6) is -1.36. The van der Waals surface area contributed by atoms with Gasteiger partial charge in [-0.05, 0) is 49.2 Å². The maximum Gasteiger partial charge on any atom is 0.314 e. The lowest BCUT2D eigenvalue weighted by atomic mass is 10.2. The quantitative estimate of drug-likeness (QED) is 0.857. The predicted octanol–water partition coefficient (Wildman–Crippen LogP) is 2.86. The molecule has 0 bridgehead atoms. The molecular formula is C18H19N3O2. The molecule has 0 radical (unpaired) electrons. The van der Waals surface area contributed by atoms with Crippen LogP contribution in [0.4, 0.5) is 17.1 Å². The van der Waals surface area contributed by atoms with Crippen LogP contribution in [0.5, 0.6) is 0 Å². The highest BCUT2D eigenvalue weighted by Gasteiger charge is 2.15. The van der Waals surface area contributed by atoms with Crippen molar-refractivity contribution in [2.75, 3.05) is 28.6 Å². The van der Waals surface area contributed by atoms with Crippen molar-refractivity contribution in [1.29, 1.82) is 0 Å². The third-order valence-electron chi connectivity index (χ3n) is 3.83. The highest BCUT2D eigenvalue weighted by Crippen LogP contribution is 2.22. The first kappa shape index (κ1) is 15.1. The van der Waals surface area contributed by atoms with Gasteiger partial charge >= 0.3 is 11.8 Å². The Hall–Kier alpha value is -2.82. The lowest BCUT2D eigenvalue weighted by molar-refractivity contribution is -0.132. The number of hydrogen-bond acceptors (Lipinski definition) is 3. The van der Waals surface area contributed by atoms with Crippen LogP contribution in [0.2, 0.25) is 0 Å². The van der Waals surface area contributed by atoms with Crippen molar-refractivity contribution >= 4 is 28.9 Å². The van der Waals surface area contributed by atoms with Gasteiger partial charge in [0.05, 0.1) is 0 Å². The fraction of sp³-hybridized carbons (Fsp3) is 0.222. The SMILES string of the molecule is O=C(Nc1ccccc1)C(=O)Nc1ccc(N2CCCC2)cc1. The predicted molar refractivity (Wildman–Crippen MR) is 91.6 cm³/mol. The summed E-state index contributed by atoms with van der Waals surface area (Å²) in [6.45, 7) is 2.15. The summed E-state index contributed by atoms with van der Waals surface area (Å²) in [6, 6.07) is 16.5. The van der Waals surface area contributed by atoms with Crippen molar-refractivity contribution in [2.45, 2.75) is 12.8 Å². The lowest BCUT2D eigenvalue weighted by Crippen LogP contribution is -2.29. The molecule has 0 atom stereocenters. The van der Waals surface area contributed by atoms with E-state index in [9.17, 15) is 9.59 Å². The van der Waals surface area contributed by atoms with Gasteiger partial charge in [-0.25, -0.2) is 0 Å². The first-order chi connectivity index (χ1) is 11.2. The largest absolute Gasteiger partial charge is 0.372 e. The molecule has 1 heterocycles. The van der Waals surface area contributed by atoms with E-state index in [1.54, 1.807) is 24.3 Å². The Bertz CT molecular complexity index is 677. The third kappa shape index (κ3) is 3.88. The first-order valence-corrected chi connectivity index (χ1v) is 7.75. The number of para-hydroxylation sites is 1. The van der Waals surface area contributed by atoms with E-state index < -0.39 is 11.8 Å². The highest BCUT2D eigenvalue weighted by molar-refractivity contribution is 6.43. The molecule has 23 heavy (non-hydrogen) atoms. The van der Waals surface area contributed by atoms with Crippen LogP contribution < -0.4 is 15.5 Å². The van der Waals surface area contributed by atoms with Crippen LogP contribution in [-0.4, -0.2) is 24.9 Å². The zero-order chi connectivity index (χ0) is 16.1. The van der Waals surface area contributed by atoms with Crippen LogP contribution in [0.3, 0.4) is 0 Å². The van der Waals surface area contributed by atoms with E-state index in [-0.39, 0.29) is 0 Å². The Morgan fingerprint density at radius 1 is 0.739 bits per heavy atom. The van der Waals surface area contributed by atoms with Crippen molar-refractivity contribution in [3.8, 4) is 0 Å². The summed E-state index contributed by atoms with van der Waals surface area (Å²) in [7, 11) is 0. The maximum absolute atomic E-state index is 11.9. The molecule has 118 valence electrons. The Balaban J connectivity index is 1.57. The standard InChI is InChI=1S/C18H19N3O2/c22-17(19-14-6-2-1-3-7-14)18(23)20-15-8-10-16(11-9-15)21-12-4-5-13-21/h1-3,6-11H,4-5,12-13H2,(H,19,22)(H,20,23). The number of nitrogens with zero attached hydrogens (tertiary/aromatic N) is 1. The molecule has 2 amide bonds. The Labute approximate surface area is 135 Å². The summed E-state index contributed by atoms with van der Waals surface area (Å²) < 4.78 is 0. The average Bonchev–Trinajstić information content (AvgIpc) is 3.11. The minimum atomic E-state index is -0.681. The van der Waals surface area contributed by atoms with Gasteiger partial charge in [0.15, 0.2) is 0 Å². The van der Waals surface area contributed by atoms with E-state index in [0.29, 0.717) is 11.4 Å². The van der Waals surface area contributed by atoms with Gasteiger partial charge in [-0.2, -0.15) is 0 Å². The number of anilines is 3. The number of carbonyl (C=O) groups excluding carboxylic acids is 2. The van der Waals surface area contributed by atoms with Crippen molar-refractivity contribution < 1.29 is 9.59 Å². The molecule has 3 rings (SSSR count). The van der Waals surface area contributed by atoms with E-state index in [1.807, 2.05) is 30.3 Å². The lowest BCUT2D eigenvalue weighted by Gasteiger charge is -2.17. The van der Waals surface area contributed by atoms with Crippen LogP contribution in [0.15, 0.2) is 54.6 Å². The Kier molecular flexibility index (Phi) is 4.57. The second kappa shape index (κ2) is 6.96. The van der Waals surface area contributed by atoms with Gasteiger partial charge in [0.1, 0.15) is 0 Å². The van der Waals surface area contributed by atoms with E-state index >= 15 is 0 Å². The van der Waals surface area contributed by atoms with Crippen molar-refractivity contribution in [1.82, 2.24) is 0 Å². The summed E-state index contributed by atoms with van der Waals surface area (Å²) >= 11 is 0. The number of benzene rings is 2. The number of hydrogen-bond donors (Lipinski definition) is 2. The van der Waals surface area contributed by atoms with E-state index in [0.717, 1.165) is 18.8 Å². The molecule has 0 aliphatic carbocycles. The average molecular weight is 309 g/mol. The van der Waals surface area contributed by atoms with E-state index in [1.165, 1.54) is 12.8 Å². The van der Waals surface area contributed by atoms with Crippen molar-refractivity contribution in [2.24, 2.45) is 0 Å². The Morgan fingerprint density at radius 3 is 1.83 bits per heavy atom. The van der Waals surface area contributed by atoms with Gasteiger partial charge in [0.2, 0.25) is 0 Å². The minimum Gasteiger partial charge on any atom is -0.372 e. The summed E-state index contributed by atoms with van der Waals surface area (Å²) in [5, 5.41) is 5.17. The zero-order valence-electron chi connectivity index (χ0n) is 12.8. The molecule has 1 aliphatic heterocycles. The zero-order valence-corrected chi connectivity index (χ0v) is 12.8. The van der Waals surface area contributed by atoms with Crippen LogP contribution in [0, 0.1) is 0 Å². The first-order valence-electron chi connectivity index (χ1n) is 7.75. The summed E-state index contributed by atoms with van der Waals surface area (Å²) in [6.07, 6.45) is 2.44. The molecule has 1 saturated heterocycles. The molecule has 2 aromatic carbocycles. The molecule has 0 spiro atoms. The van der Waals surface area contributed by atoms with E-state index in [2.05, 4.69) is 15.5 Å². The van der Waals surface area contributed by atoms with Crippen LogP contribution >= 0.6 is 0 Å². The maximum atomic E-state index is 11.9. The monoisotopic (exact) mass is 309 g/mol. The number of nitrogens with one attached hydrogen (secondary N) is 2. The van der Waals surface area contributed by atoms with Gasteiger partial charge < -0.3 is 15.5 Å². The van der Waals surface area contributed by atoms with Crippen LogP contribution in [-0.2, 0) is 9.59 Å². The van der Waals surface area contributed by atoms with Crippen LogP contribution in [0.1, 0.15) is 12.8 Å². The number of amides is 2. The molecule has 5 heteroatoms. The molecule has 2 aromatic rings. The summed E-state index contributed by atoms with van der Waals surface area (Å²) in [4.78, 5) is 26.1. The minimum absolute atomic E-state index is 0.594. The number of rotatable bonds is 3. The highest BCUT2D eigenvalue weighted by atomic mass is 16.2.